The first-order valence-electron chi connectivity index (χ1n) is 8.20. The first-order chi connectivity index (χ1) is 12.6. The maximum absolute atomic E-state index is 12.8. The maximum Gasteiger partial charge on any atom is 0.335 e. The van der Waals surface area contributed by atoms with Crippen LogP contribution in [-0.2, 0) is 6.54 Å². The number of benzene rings is 2. The quantitative estimate of drug-likeness (QED) is 0.787. The number of nitrogens with zero attached hydrogens (tertiary/aromatic N) is 2. The van der Waals surface area contributed by atoms with Crippen molar-refractivity contribution in [2.75, 3.05) is 7.11 Å². The van der Waals surface area contributed by atoms with E-state index < -0.39 is 5.97 Å². The molecule has 0 saturated heterocycles. The van der Waals surface area contributed by atoms with Gasteiger partial charge in [0, 0.05) is 6.54 Å². The molecule has 1 aliphatic rings. The van der Waals surface area contributed by atoms with E-state index in [0.717, 1.165) is 16.9 Å². The number of fused-ring (bicyclic) bond motifs is 2. The number of carbonyl (C=O) groups is 1. The average molecular weight is 348 g/mol. The molecule has 2 aromatic carbocycles. The van der Waals surface area contributed by atoms with Gasteiger partial charge in [-0.25, -0.2) is 9.78 Å². The summed E-state index contributed by atoms with van der Waals surface area (Å²) >= 11 is 0. The van der Waals surface area contributed by atoms with Gasteiger partial charge >= 0.3 is 5.97 Å². The molecule has 0 bridgehead atoms. The molecule has 26 heavy (non-hydrogen) atoms. The molecule has 0 unspecified atom stereocenters. The van der Waals surface area contributed by atoms with E-state index in [2.05, 4.69) is 4.98 Å². The van der Waals surface area contributed by atoms with Crippen LogP contribution in [0.1, 0.15) is 28.2 Å². The van der Waals surface area contributed by atoms with Crippen LogP contribution in [0.15, 0.2) is 47.3 Å². The fraction of sp³-hybridized carbons (Fsp3) is 0.150. The number of methoxy groups -OCH3 is 1. The molecule has 0 amide bonds. The number of aromatic carboxylic acids is 1. The molecular weight excluding hydrogens is 332 g/mol. The van der Waals surface area contributed by atoms with Crippen LogP contribution in [0, 0.1) is 0 Å². The van der Waals surface area contributed by atoms with Gasteiger partial charge in [-0.2, -0.15) is 0 Å². The standard InChI is InChI=1S/C20H16N2O4/c1-26-15-4-2-3-12(10-15)9-13-7-8-22-18(13)21-17-6-5-14(20(24)25)11-16(17)19(22)23/h2-6,9-11H,7-8H2,1H3,(H,24,25)/b13-9+. The van der Waals surface area contributed by atoms with Gasteiger partial charge in [-0.05, 0) is 54.0 Å². The normalized spacial score (nSPS) is 14.6. The van der Waals surface area contributed by atoms with Gasteiger partial charge in [-0.3, -0.25) is 9.36 Å². The predicted octanol–water partition coefficient (Wildman–Crippen LogP) is 3.05. The third-order valence-electron chi connectivity index (χ3n) is 4.53. The summed E-state index contributed by atoms with van der Waals surface area (Å²) in [6.45, 7) is 0.532. The highest BCUT2D eigenvalue weighted by Gasteiger charge is 2.21. The molecule has 0 saturated carbocycles. The zero-order valence-electron chi connectivity index (χ0n) is 14.1. The predicted molar refractivity (Wildman–Crippen MR) is 98.4 cm³/mol. The van der Waals surface area contributed by atoms with Gasteiger partial charge in [0.15, 0.2) is 0 Å². The number of aromatic nitrogens is 2. The van der Waals surface area contributed by atoms with E-state index in [1.807, 2.05) is 30.3 Å². The summed E-state index contributed by atoms with van der Waals surface area (Å²) in [5, 5.41) is 9.46. The van der Waals surface area contributed by atoms with Crippen LogP contribution in [0.3, 0.4) is 0 Å². The molecule has 1 N–H and O–H groups in total. The Morgan fingerprint density at radius 3 is 2.88 bits per heavy atom. The van der Waals surface area contributed by atoms with Crippen molar-refractivity contribution in [3.63, 3.8) is 0 Å². The second kappa shape index (κ2) is 6.15. The van der Waals surface area contributed by atoms with Gasteiger partial charge < -0.3 is 9.84 Å². The van der Waals surface area contributed by atoms with Gasteiger partial charge in [-0.1, -0.05) is 12.1 Å². The second-order valence-corrected chi connectivity index (χ2v) is 6.13. The Labute approximate surface area is 149 Å². The van der Waals surface area contributed by atoms with Gasteiger partial charge in [0.05, 0.1) is 23.6 Å². The number of hydrogen-bond acceptors (Lipinski definition) is 4. The summed E-state index contributed by atoms with van der Waals surface area (Å²) in [5.74, 6) is 0.339. The lowest BCUT2D eigenvalue weighted by Gasteiger charge is -2.06. The first-order valence-corrected chi connectivity index (χ1v) is 8.20. The second-order valence-electron chi connectivity index (χ2n) is 6.13. The molecule has 1 aliphatic heterocycles. The van der Waals surface area contributed by atoms with Crippen molar-refractivity contribution in [3.8, 4) is 5.75 Å². The molecule has 0 fully saturated rings. The summed E-state index contributed by atoms with van der Waals surface area (Å²) < 4.78 is 6.86. The highest BCUT2D eigenvalue weighted by molar-refractivity contribution is 5.93. The largest absolute Gasteiger partial charge is 0.497 e. The SMILES string of the molecule is COc1cccc(/C=C2\CCn3c2nc2ccc(C(=O)O)cc2c3=O)c1. The van der Waals surface area contributed by atoms with E-state index in [4.69, 9.17) is 9.84 Å². The third-order valence-corrected chi connectivity index (χ3v) is 4.53. The summed E-state index contributed by atoms with van der Waals surface area (Å²) in [6.07, 6.45) is 2.70. The van der Waals surface area contributed by atoms with Crippen molar-refractivity contribution in [1.82, 2.24) is 9.55 Å². The Balaban J connectivity index is 1.85. The highest BCUT2D eigenvalue weighted by atomic mass is 16.5. The zero-order chi connectivity index (χ0) is 18.3. The van der Waals surface area contributed by atoms with E-state index >= 15 is 0 Å². The van der Waals surface area contributed by atoms with Crippen LogP contribution in [-0.4, -0.2) is 27.7 Å². The van der Waals surface area contributed by atoms with Crippen molar-refractivity contribution in [1.29, 1.82) is 0 Å². The Morgan fingerprint density at radius 1 is 1.27 bits per heavy atom. The summed E-state index contributed by atoms with van der Waals surface area (Å²) in [6, 6.07) is 12.1. The topological polar surface area (TPSA) is 81.4 Å². The third kappa shape index (κ3) is 2.65. The van der Waals surface area contributed by atoms with E-state index in [0.29, 0.717) is 29.7 Å². The molecule has 3 aromatic rings. The van der Waals surface area contributed by atoms with Crippen LogP contribution in [0.2, 0.25) is 0 Å². The van der Waals surface area contributed by atoms with Crippen LogP contribution in [0.25, 0.3) is 22.6 Å². The molecule has 0 atom stereocenters. The monoisotopic (exact) mass is 348 g/mol. The number of carboxylic acid groups (broad SMARTS) is 1. The number of hydrogen-bond donors (Lipinski definition) is 1. The van der Waals surface area contributed by atoms with Gasteiger partial charge in [-0.15, -0.1) is 0 Å². The van der Waals surface area contributed by atoms with Gasteiger partial charge in [0.25, 0.3) is 5.56 Å². The van der Waals surface area contributed by atoms with Crippen molar-refractivity contribution in [3.05, 3.63) is 69.8 Å². The van der Waals surface area contributed by atoms with E-state index in [-0.39, 0.29) is 11.1 Å². The van der Waals surface area contributed by atoms with E-state index in [9.17, 15) is 9.59 Å². The van der Waals surface area contributed by atoms with E-state index in [1.165, 1.54) is 12.1 Å². The van der Waals surface area contributed by atoms with Gasteiger partial charge in [0.1, 0.15) is 11.6 Å². The van der Waals surface area contributed by atoms with Crippen LogP contribution in [0.5, 0.6) is 5.75 Å². The number of ether oxygens (including phenoxy) is 1. The molecule has 0 aliphatic carbocycles. The molecule has 4 rings (SSSR count). The molecule has 1 aromatic heterocycles. The Bertz CT molecular complexity index is 1130. The minimum absolute atomic E-state index is 0.0853. The lowest BCUT2D eigenvalue weighted by atomic mass is 10.1. The molecule has 2 heterocycles. The van der Waals surface area contributed by atoms with Crippen LogP contribution >= 0.6 is 0 Å². The molecule has 130 valence electrons. The zero-order valence-corrected chi connectivity index (χ0v) is 14.1. The van der Waals surface area contributed by atoms with Crippen molar-refractivity contribution in [2.24, 2.45) is 0 Å². The van der Waals surface area contributed by atoms with Crippen molar-refractivity contribution >= 4 is 28.5 Å². The molecule has 6 heteroatoms. The minimum atomic E-state index is -1.06. The molecule has 0 radical (unpaired) electrons. The van der Waals surface area contributed by atoms with Crippen LogP contribution < -0.4 is 10.3 Å². The Kier molecular flexibility index (Phi) is 3.80. The molecular formula is C20H16N2O4. The number of rotatable bonds is 3. The highest BCUT2D eigenvalue weighted by Crippen LogP contribution is 2.28. The summed E-state index contributed by atoms with van der Waals surface area (Å²) in [5.41, 5.74) is 2.33. The minimum Gasteiger partial charge on any atom is -0.497 e. The number of carboxylic acids is 1. The lowest BCUT2D eigenvalue weighted by molar-refractivity contribution is 0.0697. The summed E-state index contributed by atoms with van der Waals surface area (Å²) in [4.78, 5) is 28.5. The van der Waals surface area contributed by atoms with E-state index in [1.54, 1.807) is 17.7 Å². The fourth-order valence-electron chi connectivity index (χ4n) is 3.22. The maximum atomic E-state index is 12.8. The van der Waals surface area contributed by atoms with Crippen molar-refractivity contribution in [2.45, 2.75) is 13.0 Å². The Hall–Kier alpha value is -3.41. The summed E-state index contributed by atoms with van der Waals surface area (Å²) in [7, 11) is 1.62. The smallest absolute Gasteiger partial charge is 0.335 e. The first kappa shape index (κ1) is 16.1. The molecule has 0 spiro atoms. The van der Waals surface area contributed by atoms with Gasteiger partial charge in [0.2, 0.25) is 0 Å². The van der Waals surface area contributed by atoms with Crippen molar-refractivity contribution < 1.29 is 14.6 Å². The average Bonchev–Trinajstić information content (AvgIpc) is 3.04. The fourth-order valence-corrected chi connectivity index (χ4v) is 3.22. The lowest BCUT2D eigenvalue weighted by Crippen LogP contribution is -2.21. The molecule has 6 nitrogen and oxygen atoms in total. The number of allylic oxidation sites excluding steroid dienone is 1. The van der Waals surface area contributed by atoms with Crippen LogP contribution in [0.4, 0.5) is 0 Å². The Morgan fingerprint density at radius 2 is 2.12 bits per heavy atom.